The topological polar surface area (TPSA) is 130 Å². The quantitative estimate of drug-likeness (QED) is 0.319. The van der Waals surface area contributed by atoms with E-state index in [-0.39, 0.29) is 5.91 Å². The molecule has 1 rings (SSSR count). The number of allylic oxidation sites excluding steroid dienone is 1. The van der Waals surface area contributed by atoms with Gasteiger partial charge in [-0.25, -0.2) is 9.59 Å². The van der Waals surface area contributed by atoms with Crippen LogP contribution in [0.15, 0.2) is 11.6 Å². The highest BCUT2D eigenvalue weighted by Gasteiger charge is 2.04. The highest BCUT2D eigenvalue weighted by Crippen LogP contribution is 2.19. The molecule has 0 radical (unpaired) electrons. The Balaban J connectivity index is 0.000000511. The molecule has 114 valence electrons. The lowest BCUT2D eigenvalue weighted by atomic mass is 9.97. The fourth-order valence-electron chi connectivity index (χ4n) is 1.72. The van der Waals surface area contributed by atoms with E-state index >= 15 is 0 Å². The van der Waals surface area contributed by atoms with E-state index in [1.54, 1.807) is 5.57 Å². The van der Waals surface area contributed by atoms with Crippen molar-refractivity contribution in [2.45, 2.75) is 38.5 Å². The fourth-order valence-corrected chi connectivity index (χ4v) is 1.72. The van der Waals surface area contributed by atoms with Crippen LogP contribution in [0, 0.1) is 0 Å². The molecule has 0 saturated heterocycles. The van der Waals surface area contributed by atoms with Gasteiger partial charge in [-0.05, 0) is 38.6 Å². The second kappa shape index (κ2) is 11.0. The van der Waals surface area contributed by atoms with Crippen LogP contribution in [0.4, 0.5) is 0 Å². The number of aliphatic carboxylic acids is 2. The van der Waals surface area contributed by atoms with Crippen molar-refractivity contribution < 1.29 is 24.6 Å². The van der Waals surface area contributed by atoms with Crippen molar-refractivity contribution in [3.8, 4) is 0 Å². The molecule has 0 aliphatic heterocycles. The Bertz CT molecular complexity index is 354. The minimum absolute atomic E-state index is 0.227. The van der Waals surface area contributed by atoms with Crippen molar-refractivity contribution in [1.29, 1.82) is 0 Å². The van der Waals surface area contributed by atoms with Crippen LogP contribution in [-0.4, -0.2) is 41.1 Å². The summed E-state index contributed by atoms with van der Waals surface area (Å²) in [6.07, 6.45) is 9.12. The molecular weight excluding hydrogens is 264 g/mol. The van der Waals surface area contributed by atoms with Crippen LogP contribution >= 0.6 is 0 Å². The lowest BCUT2D eigenvalue weighted by molar-refractivity contribution is -0.159. The van der Waals surface area contributed by atoms with E-state index in [1.807, 2.05) is 0 Å². The third kappa shape index (κ3) is 11.2. The van der Waals surface area contributed by atoms with Crippen molar-refractivity contribution in [2.24, 2.45) is 5.73 Å². The monoisotopic (exact) mass is 286 g/mol. The summed E-state index contributed by atoms with van der Waals surface area (Å²) in [6.45, 7) is 1.68. The smallest absolute Gasteiger partial charge is 0.414 e. The van der Waals surface area contributed by atoms with E-state index in [9.17, 15) is 4.79 Å². The first-order valence-electron chi connectivity index (χ1n) is 6.56. The number of carbonyl (C=O) groups excluding carboxylic acids is 1. The molecule has 0 atom stereocenters. The first kappa shape index (κ1) is 18.1. The number of nitrogens with one attached hydrogen (secondary N) is 1. The van der Waals surface area contributed by atoms with Crippen molar-refractivity contribution in [3.63, 3.8) is 0 Å². The van der Waals surface area contributed by atoms with E-state index in [1.165, 1.54) is 25.7 Å². The second-order valence-corrected chi connectivity index (χ2v) is 4.43. The van der Waals surface area contributed by atoms with Crippen LogP contribution in [0.1, 0.15) is 38.5 Å². The van der Waals surface area contributed by atoms with Gasteiger partial charge in [-0.1, -0.05) is 11.6 Å². The van der Waals surface area contributed by atoms with E-state index in [4.69, 9.17) is 25.5 Å². The zero-order valence-corrected chi connectivity index (χ0v) is 11.4. The number of amides is 1. The van der Waals surface area contributed by atoms with Crippen molar-refractivity contribution >= 4 is 17.8 Å². The minimum atomic E-state index is -1.82. The molecular formula is C13H22N2O5. The normalized spacial score (nSPS) is 13.7. The Labute approximate surface area is 117 Å². The highest BCUT2D eigenvalue weighted by atomic mass is 16.4. The predicted molar refractivity (Wildman–Crippen MR) is 73.1 cm³/mol. The number of carboxylic acid groups (broad SMARTS) is 2. The van der Waals surface area contributed by atoms with E-state index in [2.05, 4.69) is 11.4 Å². The Morgan fingerprint density at radius 2 is 1.80 bits per heavy atom. The predicted octanol–water partition coefficient (Wildman–Crippen LogP) is 0.497. The maximum atomic E-state index is 10.4. The van der Waals surface area contributed by atoms with Crippen LogP contribution in [0.3, 0.4) is 0 Å². The molecule has 0 unspecified atom stereocenters. The zero-order chi connectivity index (χ0) is 15.4. The van der Waals surface area contributed by atoms with Crippen LogP contribution in [0.2, 0.25) is 0 Å². The molecule has 7 heteroatoms. The maximum Gasteiger partial charge on any atom is 0.414 e. The van der Waals surface area contributed by atoms with Gasteiger partial charge in [0.2, 0.25) is 5.91 Å². The summed E-state index contributed by atoms with van der Waals surface area (Å²) in [5.41, 5.74) is 6.60. The second-order valence-electron chi connectivity index (χ2n) is 4.43. The molecule has 0 aromatic heterocycles. The van der Waals surface area contributed by atoms with Crippen LogP contribution in [0.25, 0.3) is 0 Å². The number of hydrogen-bond acceptors (Lipinski definition) is 4. The van der Waals surface area contributed by atoms with Crippen molar-refractivity contribution in [3.05, 3.63) is 11.6 Å². The third-order valence-corrected chi connectivity index (χ3v) is 2.74. The van der Waals surface area contributed by atoms with Gasteiger partial charge in [0.25, 0.3) is 0 Å². The van der Waals surface area contributed by atoms with Gasteiger partial charge in [0.15, 0.2) is 0 Å². The molecule has 0 bridgehead atoms. The maximum absolute atomic E-state index is 10.4. The number of hydrogen-bond donors (Lipinski definition) is 4. The third-order valence-electron chi connectivity index (χ3n) is 2.74. The van der Waals surface area contributed by atoms with Gasteiger partial charge >= 0.3 is 11.9 Å². The summed E-state index contributed by atoms with van der Waals surface area (Å²) >= 11 is 0. The van der Waals surface area contributed by atoms with E-state index in [0.29, 0.717) is 13.0 Å². The number of nitrogens with two attached hydrogens (primary N) is 1. The molecule has 0 aromatic carbocycles. The van der Waals surface area contributed by atoms with Gasteiger partial charge in [0.05, 0.1) is 0 Å². The van der Waals surface area contributed by atoms with Gasteiger partial charge in [-0.3, -0.25) is 4.79 Å². The molecule has 7 nitrogen and oxygen atoms in total. The Morgan fingerprint density at radius 1 is 1.15 bits per heavy atom. The SMILES string of the molecule is NC(=O)CCNCCC1=CCCCC1.O=C(O)C(=O)O. The number of carbonyl (C=O) groups is 3. The zero-order valence-electron chi connectivity index (χ0n) is 11.4. The van der Waals surface area contributed by atoms with Crippen molar-refractivity contribution in [1.82, 2.24) is 5.32 Å². The lowest BCUT2D eigenvalue weighted by Gasteiger charge is -2.12. The average Bonchev–Trinajstić information content (AvgIpc) is 2.40. The summed E-state index contributed by atoms with van der Waals surface area (Å²) in [6, 6.07) is 0. The molecule has 0 spiro atoms. The Morgan fingerprint density at radius 3 is 2.25 bits per heavy atom. The fraction of sp³-hybridized carbons (Fsp3) is 0.615. The summed E-state index contributed by atoms with van der Waals surface area (Å²) in [7, 11) is 0. The summed E-state index contributed by atoms with van der Waals surface area (Å²) in [5, 5.41) is 18.0. The van der Waals surface area contributed by atoms with E-state index < -0.39 is 11.9 Å². The summed E-state index contributed by atoms with van der Waals surface area (Å²) in [4.78, 5) is 28.6. The number of carboxylic acids is 2. The Kier molecular flexibility index (Phi) is 9.94. The minimum Gasteiger partial charge on any atom is -0.473 e. The van der Waals surface area contributed by atoms with Crippen LogP contribution in [-0.2, 0) is 14.4 Å². The molecule has 0 saturated carbocycles. The van der Waals surface area contributed by atoms with Crippen LogP contribution in [0.5, 0.6) is 0 Å². The standard InChI is InChI=1S/C11H20N2O.C2H2O4/c12-11(14)7-9-13-8-6-10-4-2-1-3-5-10;3-1(4)2(5)6/h4,13H,1-3,5-9H2,(H2,12,14);(H,3,4)(H,5,6). The highest BCUT2D eigenvalue weighted by molar-refractivity contribution is 6.27. The van der Waals surface area contributed by atoms with E-state index in [0.717, 1.165) is 13.0 Å². The van der Waals surface area contributed by atoms with Crippen molar-refractivity contribution in [2.75, 3.05) is 13.1 Å². The molecule has 5 N–H and O–H groups in total. The molecule has 0 aromatic rings. The van der Waals surface area contributed by atoms with Crippen LogP contribution < -0.4 is 11.1 Å². The lowest BCUT2D eigenvalue weighted by Crippen LogP contribution is -2.23. The average molecular weight is 286 g/mol. The molecule has 20 heavy (non-hydrogen) atoms. The van der Waals surface area contributed by atoms with Gasteiger partial charge in [-0.2, -0.15) is 0 Å². The first-order valence-corrected chi connectivity index (χ1v) is 6.56. The van der Waals surface area contributed by atoms with Gasteiger partial charge in [0, 0.05) is 13.0 Å². The summed E-state index contributed by atoms with van der Waals surface area (Å²) in [5.74, 6) is -3.88. The largest absolute Gasteiger partial charge is 0.473 e. The summed E-state index contributed by atoms with van der Waals surface area (Å²) < 4.78 is 0. The van der Waals surface area contributed by atoms with Gasteiger partial charge in [0.1, 0.15) is 0 Å². The number of primary amides is 1. The number of rotatable bonds is 6. The first-order chi connectivity index (χ1) is 9.43. The molecule has 1 amide bonds. The molecule has 1 aliphatic carbocycles. The molecule has 1 aliphatic rings. The van der Waals surface area contributed by atoms with Gasteiger partial charge < -0.3 is 21.3 Å². The Hall–Kier alpha value is -1.89. The molecule has 0 fully saturated rings. The van der Waals surface area contributed by atoms with Gasteiger partial charge in [-0.15, -0.1) is 0 Å². The molecule has 0 heterocycles.